The van der Waals surface area contributed by atoms with Gasteiger partial charge in [-0.25, -0.2) is 8.42 Å². The normalized spacial score (nSPS) is 12.2. The number of rotatable bonds is 10. The number of hydrogen-bond donors (Lipinski definition) is 1. The van der Waals surface area contributed by atoms with Gasteiger partial charge in [0.05, 0.1) is 22.0 Å². The summed E-state index contributed by atoms with van der Waals surface area (Å²) in [5, 5.41) is 3.46. The Labute approximate surface area is 213 Å². The number of benzene rings is 2. The van der Waals surface area contributed by atoms with Gasteiger partial charge in [0.15, 0.2) is 0 Å². The van der Waals surface area contributed by atoms with Crippen LogP contribution < -0.4 is 9.62 Å². The highest BCUT2D eigenvalue weighted by atomic mass is 79.9. The van der Waals surface area contributed by atoms with Gasteiger partial charge in [-0.3, -0.25) is 13.9 Å². The highest BCUT2D eigenvalue weighted by Crippen LogP contribution is 2.25. The van der Waals surface area contributed by atoms with E-state index in [1.54, 1.807) is 49.4 Å². The first-order chi connectivity index (χ1) is 15.4. The lowest BCUT2D eigenvalue weighted by atomic mass is 10.1. The summed E-state index contributed by atoms with van der Waals surface area (Å²) >= 11 is 15.4. The van der Waals surface area contributed by atoms with E-state index >= 15 is 0 Å². The number of nitrogens with one attached hydrogen (secondary N) is 1. The summed E-state index contributed by atoms with van der Waals surface area (Å²) in [6, 6.07) is 10.7. The molecule has 2 amide bonds. The van der Waals surface area contributed by atoms with Crippen molar-refractivity contribution in [3.05, 3.63) is 62.5 Å². The average Bonchev–Trinajstić information content (AvgIpc) is 2.75. The summed E-state index contributed by atoms with van der Waals surface area (Å²) in [5.41, 5.74) is 0.985. The molecule has 180 valence electrons. The zero-order valence-corrected chi connectivity index (χ0v) is 22.4. The molecule has 2 aromatic rings. The molecular formula is C22H26BrCl2N3O4S. The first-order valence-corrected chi connectivity index (χ1v) is 13.6. The van der Waals surface area contributed by atoms with Crippen LogP contribution in [0, 0.1) is 0 Å². The van der Waals surface area contributed by atoms with Crippen molar-refractivity contribution in [3.63, 3.8) is 0 Å². The molecule has 7 nitrogen and oxygen atoms in total. The third kappa shape index (κ3) is 7.88. The number of anilines is 1. The zero-order valence-electron chi connectivity index (χ0n) is 18.5. The molecule has 1 atom stereocenters. The number of sulfonamides is 1. The van der Waals surface area contributed by atoms with Gasteiger partial charge in [0.25, 0.3) is 0 Å². The van der Waals surface area contributed by atoms with Gasteiger partial charge in [0.2, 0.25) is 21.8 Å². The fourth-order valence-corrected chi connectivity index (χ4v) is 4.61. The van der Waals surface area contributed by atoms with E-state index in [9.17, 15) is 18.0 Å². The Kier molecular flexibility index (Phi) is 10.0. The van der Waals surface area contributed by atoms with Gasteiger partial charge < -0.3 is 10.2 Å². The molecule has 0 aliphatic heterocycles. The van der Waals surface area contributed by atoms with Crippen LogP contribution in [0.2, 0.25) is 10.0 Å². The van der Waals surface area contributed by atoms with Gasteiger partial charge >= 0.3 is 0 Å². The molecular weight excluding hydrogens is 553 g/mol. The second kappa shape index (κ2) is 12.1. The summed E-state index contributed by atoms with van der Waals surface area (Å²) in [6.45, 7) is 3.57. The maximum absolute atomic E-state index is 13.4. The van der Waals surface area contributed by atoms with Crippen LogP contribution in [0.15, 0.2) is 46.9 Å². The molecule has 0 unspecified atom stereocenters. The monoisotopic (exact) mass is 577 g/mol. The second-order valence-corrected chi connectivity index (χ2v) is 11.1. The van der Waals surface area contributed by atoms with Crippen molar-refractivity contribution >= 4 is 66.7 Å². The molecule has 0 bridgehead atoms. The third-order valence-electron chi connectivity index (χ3n) is 4.83. The van der Waals surface area contributed by atoms with E-state index in [4.69, 9.17) is 23.2 Å². The highest BCUT2D eigenvalue weighted by molar-refractivity contribution is 9.10. The Morgan fingerprint density at radius 3 is 2.39 bits per heavy atom. The zero-order chi connectivity index (χ0) is 24.8. The minimum Gasteiger partial charge on any atom is -0.354 e. The van der Waals surface area contributed by atoms with Gasteiger partial charge in [0, 0.05) is 17.6 Å². The maximum Gasteiger partial charge on any atom is 0.244 e. The van der Waals surface area contributed by atoms with Crippen LogP contribution in [-0.2, 0) is 26.2 Å². The third-order valence-corrected chi connectivity index (χ3v) is 7.20. The second-order valence-electron chi connectivity index (χ2n) is 7.49. The fourth-order valence-electron chi connectivity index (χ4n) is 3.06. The van der Waals surface area contributed by atoms with Gasteiger partial charge in [0.1, 0.15) is 12.6 Å². The molecule has 0 fully saturated rings. The lowest BCUT2D eigenvalue weighted by Gasteiger charge is -2.31. The summed E-state index contributed by atoms with van der Waals surface area (Å²) in [7, 11) is -3.78. The maximum atomic E-state index is 13.4. The van der Waals surface area contributed by atoms with Crippen LogP contribution in [0.3, 0.4) is 0 Å². The number of halogens is 3. The number of carbonyl (C=O) groups is 2. The van der Waals surface area contributed by atoms with E-state index in [2.05, 4.69) is 21.2 Å². The quantitative estimate of drug-likeness (QED) is 0.451. The van der Waals surface area contributed by atoms with Crippen molar-refractivity contribution in [1.82, 2.24) is 10.2 Å². The first-order valence-electron chi connectivity index (χ1n) is 10.2. The van der Waals surface area contributed by atoms with Crippen molar-refractivity contribution < 1.29 is 18.0 Å². The molecule has 0 saturated carbocycles. The predicted molar refractivity (Wildman–Crippen MR) is 136 cm³/mol. The molecule has 0 radical (unpaired) electrons. The smallest absolute Gasteiger partial charge is 0.244 e. The van der Waals surface area contributed by atoms with E-state index in [-0.39, 0.29) is 12.5 Å². The fraction of sp³-hybridized carbons (Fsp3) is 0.364. The lowest BCUT2D eigenvalue weighted by molar-refractivity contribution is -0.139. The van der Waals surface area contributed by atoms with Gasteiger partial charge in [-0.1, -0.05) is 58.2 Å². The van der Waals surface area contributed by atoms with Crippen molar-refractivity contribution in [2.45, 2.75) is 32.9 Å². The van der Waals surface area contributed by atoms with Crippen LogP contribution in [0.4, 0.5) is 5.69 Å². The van der Waals surface area contributed by atoms with Crippen LogP contribution in [-0.4, -0.2) is 50.5 Å². The number of amides is 2. The minimum atomic E-state index is -3.78. The molecule has 11 heteroatoms. The van der Waals surface area contributed by atoms with E-state index in [0.717, 1.165) is 17.0 Å². The Balaban J connectivity index is 2.39. The Bertz CT molecular complexity index is 1110. The summed E-state index contributed by atoms with van der Waals surface area (Å²) < 4.78 is 26.7. The molecule has 0 heterocycles. The van der Waals surface area contributed by atoms with E-state index in [1.807, 2.05) is 6.92 Å². The SMILES string of the molecule is CCCNC(=O)[C@@H](C)N(Cc1ccc(Cl)c(Cl)c1)C(=O)CN(c1cccc(Br)c1)S(C)(=O)=O. The Hall–Kier alpha value is -1.81. The summed E-state index contributed by atoms with van der Waals surface area (Å²) in [5.74, 6) is -0.871. The molecule has 33 heavy (non-hydrogen) atoms. The first kappa shape index (κ1) is 27.4. The van der Waals surface area contributed by atoms with Crippen molar-refractivity contribution in [2.24, 2.45) is 0 Å². The van der Waals surface area contributed by atoms with Crippen molar-refractivity contribution in [3.8, 4) is 0 Å². The van der Waals surface area contributed by atoms with E-state index < -0.39 is 28.5 Å². The summed E-state index contributed by atoms with van der Waals surface area (Å²) in [4.78, 5) is 27.4. The number of nitrogens with zero attached hydrogens (tertiary/aromatic N) is 2. The topological polar surface area (TPSA) is 86.8 Å². The van der Waals surface area contributed by atoms with Crippen LogP contribution in [0.5, 0.6) is 0 Å². The lowest BCUT2D eigenvalue weighted by Crippen LogP contribution is -2.51. The molecule has 0 aliphatic rings. The largest absolute Gasteiger partial charge is 0.354 e. The molecule has 0 saturated heterocycles. The predicted octanol–water partition coefficient (Wildman–Crippen LogP) is 4.47. The van der Waals surface area contributed by atoms with Gasteiger partial charge in [-0.2, -0.15) is 0 Å². The Morgan fingerprint density at radius 2 is 1.82 bits per heavy atom. The van der Waals surface area contributed by atoms with Crippen LogP contribution in [0.1, 0.15) is 25.8 Å². The molecule has 1 N–H and O–H groups in total. The van der Waals surface area contributed by atoms with E-state index in [0.29, 0.717) is 32.3 Å². The average molecular weight is 579 g/mol. The molecule has 2 aromatic carbocycles. The Morgan fingerprint density at radius 1 is 1.12 bits per heavy atom. The van der Waals surface area contributed by atoms with Crippen LogP contribution >= 0.6 is 39.1 Å². The molecule has 0 spiro atoms. The highest BCUT2D eigenvalue weighted by Gasteiger charge is 2.30. The van der Waals surface area contributed by atoms with Crippen molar-refractivity contribution in [1.29, 1.82) is 0 Å². The van der Waals surface area contributed by atoms with Crippen LogP contribution in [0.25, 0.3) is 0 Å². The molecule has 0 aromatic heterocycles. The minimum absolute atomic E-state index is 0.0481. The van der Waals surface area contributed by atoms with Gasteiger partial charge in [-0.15, -0.1) is 0 Å². The van der Waals surface area contributed by atoms with E-state index in [1.165, 1.54) is 4.90 Å². The standard InChI is InChI=1S/C22H26BrCl2N3O4S/c1-4-10-26-22(30)15(2)27(13-16-8-9-19(24)20(25)11-16)21(29)14-28(33(3,31)32)18-7-5-6-17(23)12-18/h5-9,11-12,15H,4,10,13-14H2,1-3H3,(H,26,30)/t15-/m1/s1. The summed E-state index contributed by atoms with van der Waals surface area (Å²) in [6.07, 6.45) is 1.77. The molecule has 0 aliphatic carbocycles. The number of carbonyl (C=O) groups excluding carboxylic acids is 2. The number of hydrogen-bond acceptors (Lipinski definition) is 4. The van der Waals surface area contributed by atoms with Gasteiger partial charge in [-0.05, 0) is 49.2 Å². The van der Waals surface area contributed by atoms with Crippen molar-refractivity contribution in [2.75, 3.05) is 23.7 Å². The molecule has 2 rings (SSSR count).